The lowest BCUT2D eigenvalue weighted by atomic mass is 9.89. The van der Waals surface area contributed by atoms with E-state index < -0.39 is 16.8 Å². The lowest BCUT2D eigenvalue weighted by Crippen LogP contribution is -2.36. The van der Waals surface area contributed by atoms with Gasteiger partial charge in [-0.05, 0) is 72.9 Å². The molecule has 2 heterocycles. The maximum atomic E-state index is 13.8. The molecule has 5 rings (SSSR count). The number of rotatable bonds is 7. The van der Waals surface area contributed by atoms with Crippen molar-refractivity contribution in [3.8, 4) is 11.3 Å². The zero-order valence-electron chi connectivity index (χ0n) is 21.9. The molecule has 1 aliphatic heterocycles. The number of carbonyl (C=O) groups excluding carboxylic acids is 1. The molecule has 2 atom stereocenters. The van der Waals surface area contributed by atoms with E-state index in [4.69, 9.17) is 4.42 Å². The lowest BCUT2D eigenvalue weighted by Gasteiger charge is -2.33. The molecule has 3 aromatic carbocycles. The van der Waals surface area contributed by atoms with E-state index in [0.717, 1.165) is 24.1 Å². The molecule has 1 aromatic heterocycles. The molecule has 4 aromatic rings. The molecular weight excluding hydrogens is 540 g/mol. The van der Waals surface area contributed by atoms with Crippen LogP contribution < -0.4 is 9.62 Å². The molecule has 6 nitrogen and oxygen atoms in total. The first-order valence-corrected chi connectivity index (χ1v) is 14.9. The molecule has 1 N–H and O–H groups in total. The summed E-state index contributed by atoms with van der Waals surface area (Å²) in [5.74, 6) is -0.700. The van der Waals surface area contributed by atoms with Crippen molar-refractivity contribution in [1.29, 1.82) is 0 Å². The fraction of sp³-hybridized carbons (Fsp3) is 0.276. The zero-order valence-corrected chi connectivity index (χ0v) is 23.5. The van der Waals surface area contributed by atoms with Crippen molar-refractivity contribution >= 4 is 45.5 Å². The Morgan fingerprint density at radius 2 is 1.90 bits per heavy atom. The number of furan rings is 1. The highest BCUT2D eigenvalue weighted by Crippen LogP contribution is 2.42. The Labute approximate surface area is 233 Å². The topological polar surface area (TPSA) is 65.8 Å². The van der Waals surface area contributed by atoms with Crippen LogP contribution in [0.15, 0.2) is 70.0 Å². The SMILES string of the molecule is CNC(=O)c1c(-c2ccc(F)cc2)oc2cc(N(C)SC)c(C3CCCN(S(=O)c4cccc(F)c4)C3)cc12. The van der Waals surface area contributed by atoms with Gasteiger partial charge in [-0.2, -0.15) is 0 Å². The highest BCUT2D eigenvalue weighted by atomic mass is 32.2. The number of benzene rings is 3. The van der Waals surface area contributed by atoms with Crippen LogP contribution in [0.1, 0.15) is 34.7 Å². The molecule has 39 heavy (non-hydrogen) atoms. The quantitative estimate of drug-likeness (QED) is 0.263. The molecule has 1 amide bonds. The van der Waals surface area contributed by atoms with E-state index in [1.807, 2.05) is 34.0 Å². The molecular formula is C29H29F2N3O3S2. The van der Waals surface area contributed by atoms with Gasteiger partial charge in [0.25, 0.3) is 5.91 Å². The molecule has 0 bridgehead atoms. The van der Waals surface area contributed by atoms with Crippen LogP contribution in [0.3, 0.4) is 0 Å². The Morgan fingerprint density at radius 3 is 2.59 bits per heavy atom. The molecule has 1 aliphatic rings. The second-order valence-corrected chi connectivity index (χ2v) is 11.8. The average Bonchev–Trinajstić information content (AvgIpc) is 3.34. The molecule has 2 unspecified atom stereocenters. The minimum Gasteiger partial charge on any atom is -0.455 e. The predicted octanol–water partition coefficient (Wildman–Crippen LogP) is 6.35. The number of carbonyl (C=O) groups is 1. The molecule has 0 radical (unpaired) electrons. The van der Waals surface area contributed by atoms with E-state index in [1.54, 1.807) is 43.3 Å². The van der Waals surface area contributed by atoms with Crippen LogP contribution in [0.25, 0.3) is 22.3 Å². The first kappa shape index (κ1) is 27.4. The van der Waals surface area contributed by atoms with E-state index in [0.29, 0.717) is 45.8 Å². The van der Waals surface area contributed by atoms with Crippen molar-refractivity contribution in [3.05, 3.63) is 83.4 Å². The second kappa shape index (κ2) is 11.5. The minimum absolute atomic E-state index is 0.0203. The fourth-order valence-corrected chi connectivity index (χ4v) is 6.75. The van der Waals surface area contributed by atoms with Crippen LogP contribution >= 0.6 is 11.9 Å². The summed E-state index contributed by atoms with van der Waals surface area (Å²) in [6.45, 7) is 1.15. The van der Waals surface area contributed by atoms with Crippen molar-refractivity contribution in [3.63, 3.8) is 0 Å². The van der Waals surface area contributed by atoms with Gasteiger partial charge in [0.1, 0.15) is 34.0 Å². The highest BCUT2D eigenvalue weighted by molar-refractivity contribution is 7.99. The Balaban J connectivity index is 1.61. The fourth-order valence-electron chi connectivity index (χ4n) is 5.07. The van der Waals surface area contributed by atoms with E-state index in [2.05, 4.69) is 5.32 Å². The van der Waals surface area contributed by atoms with Crippen molar-refractivity contribution in [2.24, 2.45) is 0 Å². The van der Waals surface area contributed by atoms with E-state index in [9.17, 15) is 17.8 Å². The number of halogens is 2. The van der Waals surface area contributed by atoms with Gasteiger partial charge >= 0.3 is 0 Å². The summed E-state index contributed by atoms with van der Waals surface area (Å²) < 4.78 is 51.0. The lowest BCUT2D eigenvalue weighted by molar-refractivity contribution is 0.0964. The summed E-state index contributed by atoms with van der Waals surface area (Å²) >= 11 is 1.55. The van der Waals surface area contributed by atoms with Crippen molar-refractivity contribution in [2.45, 2.75) is 23.7 Å². The molecule has 1 saturated heterocycles. The van der Waals surface area contributed by atoms with Crippen LogP contribution in [0.5, 0.6) is 0 Å². The normalized spacial score (nSPS) is 16.8. The van der Waals surface area contributed by atoms with Crippen LogP contribution in [-0.2, 0) is 11.0 Å². The van der Waals surface area contributed by atoms with Crippen LogP contribution in [0.2, 0.25) is 0 Å². The third kappa shape index (κ3) is 5.46. The van der Waals surface area contributed by atoms with Crippen molar-refractivity contribution < 1.29 is 22.2 Å². The van der Waals surface area contributed by atoms with E-state index in [1.165, 1.54) is 24.3 Å². The van der Waals surface area contributed by atoms with E-state index in [-0.39, 0.29) is 17.6 Å². The van der Waals surface area contributed by atoms with E-state index >= 15 is 0 Å². The van der Waals surface area contributed by atoms with Gasteiger partial charge in [0.05, 0.1) is 16.1 Å². The van der Waals surface area contributed by atoms with Crippen LogP contribution in [0.4, 0.5) is 14.5 Å². The highest BCUT2D eigenvalue weighted by Gasteiger charge is 2.30. The van der Waals surface area contributed by atoms with Gasteiger partial charge in [-0.1, -0.05) is 18.0 Å². The number of piperidine rings is 1. The number of hydrogen-bond acceptors (Lipinski definition) is 5. The summed E-state index contributed by atoms with van der Waals surface area (Å²) in [7, 11) is 2.03. The average molecular weight is 570 g/mol. The summed E-state index contributed by atoms with van der Waals surface area (Å²) in [6, 6.07) is 15.7. The minimum atomic E-state index is -1.50. The van der Waals surface area contributed by atoms with Gasteiger partial charge in [-0.15, -0.1) is 0 Å². The smallest absolute Gasteiger partial charge is 0.255 e. The summed E-state index contributed by atoms with van der Waals surface area (Å²) in [5, 5.41) is 3.36. The van der Waals surface area contributed by atoms with Crippen LogP contribution in [0, 0.1) is 11.6 Å². The van der Waals surface area contributed by atoms with Gasteiger partial charge in [0.2, 0.25) is 0 Å². The summed E-state index contributed by atoms with van der Waals surface area (Å²) in [4.78, 5) is 13.5. The molecule has 1 fully saturated rings. The van der Waals surface area contributed by atoms with Crippen molar-refractivity contribution in [2.75, 3.05) is 37.7 Å². The van der Waals surface area contributed by atoms with Gasteiger partial charge < -0.3 is 14.0 Å². The Morgan fingerprint density at radius 1 is 1.13 bits per heavy atom. The predicted molar refractivity (Wildman–Crippen MR) is 153 cm³/mol. The Bertz CT molecular complexity index is 1540. The molecule has 204 valence electrons. The molecule has 10 heteroatoms. The Kier molecular flexibility index (Phi) is 8.06. The van der Waals surface area contributed by atoms with Gasteiger partial charge in [-0.3, -0.25) is 4.79 Å². The summed E-state index contributed by atoms with van der Waals surface area (Å²) in [6.07, 6.45) is 3.67. The maximum Gasteiger partial charge on any atom is 0.255 e. The van der Waals surface area contributed by atoms with Gasteiger partial charge in [-0.25, -0.2) is 17.3 Å². The number of nitrogens with one attached hydrogen (secondary N) is 1. The molecule has 0 saturated carbocycles. The van der Waals surface area contributed by atoms with Crippen molar-refractivity contribution in [1.82, 2.24) is 9.62 Å². The molecule has 0 spiro atoms. The number of anilines is 1. The maximum absolute atomic E-state index is 13.8. The number of hydrogen-bond donors (Lipinski definition) is 1. The third-order valence-corrected chi connectivity index (χ3v) is 9.27. The van der Waals surface area contributed by atoms with Gasteiger partial charge in [0.15, 0.2) is 0 Å². The Hall–Kier alpha value is -3.21. The monoisotopic (exact) mass is 569 g/mol. The zero-order chi connectivity index (χ0) is 27.7. The number of nitrogens with zero attached hydrogens (tertiary/aromatic N) is 2. The van der Waals surface area contributed by atoms with Gasteiger partial charge in [0, 0.05) is 50.5 Å². The third-order valence-electron chi connectivity index (χ3n) is 7.07. The number of amides is 1. The molecule has 0 aliphatic carbocycles. The first-order valence-electron chi connectivity index (χ1n) is 12.6. The number of fused-ring (bicyclic) bond motifs is 1. The van der Waals surface area contributed by atoms with Crippen LogP contribution in [-0.4, -0.2) is 47.9 Å². The summed E-state index contributed by atoms with van der Waals surface area (Å²) in [5.41, 5.74) is 3.47. The second-order valence-electron chi connectivity index (χ2n) is 9.41. The first-order chi connectivity index (χ1) is 18.8. The standard InChI is InChI=1S/C29H29F2N3O3S2/c1-32-29(35)27-24-15-23(19-6-5-13-34(17-19)39(36)22-8-4-7-21(31)14-22)25(33(2)38-3)16-26(24)37-28(27)18-9-11-20(30)12-10-18/h4,7-12,14-16,19H,5-6,13,17H2,1-3H3,(H,32,35). The largest absolute Gasteiger partial charge is 0.455 e.